The number of nitriles is 1. The third kappa shape index (κ3) is 5.83. The number of carbonyl (C=O) groups is 1. The van der Waals surface area contributed by atoms with Crippen molar-refractivity contribution in [2.45, 2.75) is 36.7 Å². The molecule has 2 fully saturated rings. The lowest BCUT2D eigenvalue weighted by atomic mass is 9.62. The van der Waals surface area contributed by atoms with Crippen LogP contribution in [0.3, 0.4) is 0 Å². The summed E-state index contributed by atoms with van der Waals surface area (Å²) in [7, 11) is 1.63. The van der Waals surface area contributed by atoms with E-state index in [0.29, 0.717) is 55.8 Å². The zero-order valence-electron chi connectivity index (χ0n) is 27.7. The number of carboxylic acids is 1. The van der Waals surface area contributed by atoms with Gasteiger partial charge in [-0.2, -0.15) is 5.26 Å². The monoisotopic (exact) mass is 677 g/mol. The Morgan fingerprint density at radius 3 is 2.59 bits per heavy atom. The van der Waals surface area contributed by atoms with Crippen LogP contribution >= 0.6 is 11.6 Å². The average molecular weight is 678 g/mol. The number of benzene rings is 1. The molecule has 0 amide bonds. The minimum absolute atomic E-state index is 0.190. The second kappa shape index (κ2) is 13.1. The summed E-state index contributed by atoms with van der Waals surface area (Å²) in [6, 6.07) is 22.6. The highest BCUT2D eigenvalue weighted by molar-refractivity contribution is 6.32. The molecule has 252 valence electrons. The van der Waals surface area contributed by atoms with Gasteiger partial charge in [0, 0.05) is 62.5 Å². The highest BCUT2D eigenvalue weighted by Crippen LogP contribution is 2.55. The fourth-order valence-electron chi connectivity index (χ4n) is 7.89. The first-order valence-corrected chi connectivity index (χ1v) is 17.1. The number of aliphatic carboxylic acids is 1. The zero-order chi connectivity index (χ0) is 34.3. The molecule has 2 aliphatic heterocycles. The largest absolute Gasteiger partial charge is 0.481 e. The fraction of sp³-hybridized carbons (Fsp3) is 0.359. The molecule has 9 nitrogen and oxygen atoms in total. The lowest BCUT2D eigenvalue weighted by molar-refractivity contribution is -0.141. The quantitative estimate of drug-likeness (QED) is 0.212. The van der Waals surface area contributed by atoms with Crippen LogP contribution < -0.4 is 4.74 Å². The molecule has 3 aromatic heterocycles. The van der Waals surface area contributed by atoms with Gasteiger partial charge < -0.3 is 19.4 Å². The molecule has 2 saturated heterocycles. The number of nitrogens with zero attached hydrogens (tertiary/aromatic N) is 5. The molecular formula is C39H40ClN5O4. The van der Waals surface area contributed by atoms with Crippen molar-refractivity contribution in [2.75, 3.05) is 39.9 Å². The standard InChI is InChI=1S/C39H40ClN5O4/c1-38(40)34(28-7-4-3-5-8-28)9-6-13-39(38,35-11-10-29(36(42-35)49-2)22-44-20-27(21-44)25-46)31-17-32-15-26(16-33(18-41)45(32)24-31)19-43-14-12-30(23-43)37(47)48/h3-11,13,15-17,24,27,30,46H,12,14,19-23,25H2,1-2H3,(H,47,48)/t30-,38?,39?/m1/s1. The Labute approximate surface area is 291 Å². The van der Waals surface area contributed by atoms with Gasteiger partial charge >= 0.3 is 5.97 Å². The van der Waals surface area contributed by atoms with E-state index in [1.807, 2.05) is 53.9 Å². The van der Waals surface area contributed by atoms with E-state index >= 15 is 0 Å². The van der Waals surface area contributed by atoms with Gasteiger partial charge in [-0.1, -0.05) is 54.6 Å². The molecule has 7 rings (SSSR count). The van der Waals surface area contributed by atoms with Crippen LogP contribution in [0.4, 0.5) is 0 Å². The van der Waals surface area contributed by atoms with Gasteiger partial charge in [0.15, 0.2) is 0 Å². The van der Waals surface area contributed by atoms with Gasteiger partial charge in [-0.25, -0.2) is 4.98 Å². The predicted molar refractivity (Wildman–Crippen MR) is 188 cm³/mol. The molecule has 2 unspecified atom stereocenters. The summed E-state index contributed by atoms with van der Waals surface area (Å²) in [5.41, 5.74) is 5.79. The molecule has 1 aliphatic carbocycles. The van der Waals surface area contributed by atoms with E-state index in [0.717, 1.165) is 46.4 Å². The van der Waals surface area contributed by atoms with Gasteiger partial charge in [0.25, 0.3) is 0 Å². The molecule has 49 heavy (non-hydrogen) atoms. The SMILES string of the molecule is COc1nc(C2(c3cc4cc(CN5CC[C@@H](C(=O)O)C5)cc(C#N)n4c3)C=CC=C(c3ccccc3)C2(C)Cl)ccc1CN1CC(CO)C1. The van der Waals surface area contributed by atoms with Crippen LogP contribution in [0, 0.1) is 23.2 Å². The summed E-state index contributed by atoms with van der Waals surface area (Å²) in [5, 5.41) is 29.3. The lowest BCUT2D eigenvalue weighted by Crippen LogP contribution is -2.48. The van der Waals surface area contributed by atoms with E-state index in [-0.39, 0.29) is 12.5 Å². The number of carboxylic acid groups (broad SMARTS) is 1. The fourth-order valence-corrected chi connectivity index (χ4v) is 8.33. The Morgan fingerprint density at radius 2 is 1.90 bits per heavy atom. The number of allylic oxidation sites excluding steroid dienone is 4. The summed E-state index contributed by atoms with van der Waals surface area (Å²) in [4.78, 5) is 20.1. The van der Waals surface area contributed by atoms with Crippen molar-refractivity contribution in [3.05, 3.63) is 119 Å². The molecule has 3 aliphatic rings. The molecule has 5 heterocycles. The number of aliphatic hydroxyl groups is 1. The van der Waals surface area contributed by atoms with E-state index in [9.17, 15) is 20.3 Å². The molecule has 3 atom stereocenters. The highest BCUT2D eigenvalue weighted by atomic mass is 35.5. The van der Waals surface area contributed by atoms with Crippen LogP contribution in [0.1, 0.15) is 47.0 Å². The minimum atomic E-state index is -1.02. The predicted octanol–water partition coefficient (Wildman–Crippen LogP) is 5.48. The number of methoxy groups -OCH3 is 1. The zero-order valence-corrected chi connectivity index (χ0v) is 28.5. The molecule has 0 bridgehead atoms. The maximum atomic E-state index is 11.6. The second-order valence-electron chi connectivity index (χ2n) is 13.7. The Kier molecular flexibility index (Phi) is 8.84. The first-order chi connectivity index (χ1) is 23.7. The van der Waals surface area contributed by atoms with Crippen molar-refractivity contribution in [3.63, 3.8) is 0 Å². The van der Waals surface area contributed by atoms with Crippen molar-refractivity contribution < 1.29 is 19.7 Å². The van der Waals surface area contributed by atoms with Gasteiger partial charge in [-0.05, 0) is 66.4 Å². The lowest BCUT2D eigenvalue weighted by Gasteiger charge is -2.46. The second-order valence-corrected chi connectivity index (χ2v) is 14.4. The van der Waals surface area contributed by atoms with Gasteiger partial charge in [-0.3, -0.25) is 14.6 Å². The molecular weight excluding hydrogens is 638 g/mol. The maximum Gasteiger partial charge on any atom is 0.307 e. The smallest absolute Gasteiger partial charge is 0.307 e. The molecule has 4 aromatic rings. The Hall–Kier alpha value is -4.46. The Bertz CT molecular complexity index is 1990. The number of aromatic nitrogens is 2. The topological polar surface area (TPSA) is 114 Å². The molecule has 2 N–H and O–H groups in total. The Morgan fingerprint density at radius 1 is 1.10 bits per heavy atom. The minimum Gasteiger partial charge on any atom is -0.481 e. The number of pyridine rings is 2. The summed E-state index contributed by atoms with van der Waals surface area (Å²) in [6.07, 6.45) is 8.81. The van der Waals surface area contributed by atoms with Crippen molar-refractivity contribution in [1.82, 2.24) is 19.2 Å². The molecule has 0 radical (unpaired) electrons. The van der Waals surface area contributed by atoms with Gasteiger partial charge in [0.2, 0.25) is 5.88 Å². The first-order valence-electron chi connectivity index (χ1n) is 16.7. The highest BCUT2D eigenvalue weighted by Gasteiger charge is 2.53. The molecule has 0 saturated carbocycles. The van der Waals surface area contributed by atoms with Crippen LogP contribution in [0.2, 0.25) is 0 Å². The van der Waals surface area contributed by atoms with E-state index in [4.69, 9.17) is 21.3 Å². The van der Waals surface area contributed by atoms with Gasteiger partial charge in [0.1, 0.15) is 11.8 Å². The van der Waals surface area contributed by atoms with Gasteiger partial charge in [0.05, 0.1) is 29.0 Å². The normalized spacial score (nSPS) is 24.5. The van der Waals surface area contributed by atoms with Crippen molar-refractivity contribution in [2.24, 2.45) is 11.8 Å². The molecule has 0 spiro atoms. The number of hydrogen-bond donors (Lipinski definition) is 2. The Balaban J connectivity index is 1.34. The molecule has 10 heteroatoms. The number of likely N-dealkylation sites (tertiary alicyclic amines) is 2. The average Bonchev–Trinajstić information content (AvgIpc) is 3.74. The van der Waals surface area contributed by atoms with Crippen LogP contribution in [0.25, 0.3) is 11.1 Å². The number of rotatable bonds is 10. The van der Waals surface area contributed by atoms with E-state index < -0.39 is 16.3 Å². The summed E-state index contributed by atoms with van der Waals surface area (Å²) in [5.74, 6) is -0.312. The van der Waals surface area contributed by atoms with Crippen molar-refractivity contribution in [3.8, 4) is 11.9 Å². The number of aliphatic hydroxyl groups excluding tert-OH is 1. The van der Waals surface area contributed by atoms with Crippen molar-refractivity contribution in [1.29, 1.82) is 5.26 Å². The number of ether oxygens (including phenoxy) is 1. The number of alkyl halides is 1. The first kappa shape index (κ1) is 33.1. The van der Waals surface area contributed by atoms with Crippen LogP contribution in [0.15, 0.2) is 85.1 Å². The third-order valence-electron chi connectivity index (χ3n) is 10.5. The number of fused-ring (bicyclic) bond motifs is 1. The summed E-state index contributed by atoms with van der Waals surface area (Å²) in [6.45, 7) is 6.30. The van der Waals surface area contributed by atoms with Gasteiger partial charge in [-0.15, -0.1) is 11.6 Å². The van der Waals surface area contributed by atoms with Crippen LogP contribution in [-0.2, 0) is 23.3 Å². The van der Waals surface area contributed by atoms with E-state index in [2.05, 4.69) is 58.4 Å². The van der Waals surface area contributed by atoms with Crippen molar-refractivity contribution >= 4 is 28.7 Å². The molecule has 1 aromatic carbocycles. The van der Waals surface area contributed by atoms with Crippen LogP contribution in [0.5, 0.6) is 5.88 Å². The van der Waals surface area contributed by atoms with Crippen LogP contribution in [-0.4, -0.2) is 80.1 Å². The van der Waals surface area contributed by atoms with E-state index in [1.165, 1.54) is 0 Å². The maximum absolute atomic E-state index is 11.6. The number of hydrogen-bond acceptors (Lipinski definition) is 7. The number of halogens is 1. The summed E-state index contributed by atoms with van der Waals surface area (Å²) < 4.78 is 7.80. The van der Waals surface area contributed by atoms with E-state index in [1.54, 1.807) is 7.11 Å². The summed E-state index contributed by atoms with van der Waals surface area (Å²) >= 11 is 7.87. The third-order valence-corrected chi connectivity index (χ3v) is 11.0.